The number of carboxylic acid groups (broad SMARTS) is 1. The standard InChI is InChI=1S/C21H20F5N3O3/c1-11-6-14(22)2-3-16(11)28-4-5-29(20(31)32)18(19(27)30)17(28)9-12-7-13(21(24,25)26)10-15(23)8-12/h2-3,6-8,10,17-18H,4-5,9H2,1H3,(H2,27,30)(H,31,32). The first-order valence-electron chi connectivity index (χ1n) is 9.57. The molecule has 3 rings (SSSR count). The molecular formula is C21H20F5N3O3. The summed E-state index contributed by atoms with van der Waals surface area (Å²) in [5.41, 5.74) is 5.11. The maximum atomic E-state index is 14.0. The minimum absolute atomic E-state index is 0.0641. The Morgan fingerprint density at radius 1 is 1.09 bits per heavy atom. The Morgan fingerprint density at radius 3 is 2.34 bits per heavy atom. The van der Waals surface area contributed by atoms with Crippen LogP contribution in [-0.2, 0) is 17.4 Å². The largest absolute Gasteiger partial charge is 0.465 e. The van der Waals surface area contributed by atoms with Gasteiger partial charge >= 0.3 is 12.3 Å². The van der Waals surface area contributed by atoms with Crippen molar-refractivity contribution in [2.24, 2.45) is 5.73 Å². The number of hydrogen-bond donors (Lipinski definition) is 2. The van der Waals surface area contributed by atoms with Crippen LogP contribution in [0.15, 0.2) is 36.4 Å². The van der Waals surface area contributed by atoms with Gasteiger partial charge in [0.05, 0.1) is 11.6 Å². The third kappa shape index (κ3) is 4.76. The Kier molecular flexibility index (Phi) is 6.29. The Bertz CT molecular complexity index is 1040. The van der Waals surface area contributed by atoms with E-state index in [0.29, 0.717) is 17.3 Å². The fourth-order valence-electron chi connectivity index (χ4n) is 4.09. The number of amides is 2. The molecule has 2 atom stereocenters. The molecule has 2 amide bonds. The normalized spacial score (nSPS) is 19.2. The molecular weight excluding hydrogens is 437 g/mol. The summed E-state index contributed by atoms with van der Waals surface area (Å²) in [5, 5.41) is 9.53. The van der Waals surface area contributed by atoms with Crippen LogP contribution in [0.2, 0.25) is 0 Å². The van der Waals surface area contributed by atoms with E-state index in [1.54, 1.807) is 11.8 Å². The fraction of sp³-hybridized carbons (Fsp3) is 0.333. The summed E-state index contributed by atoms with van der Waals surface area (Å²) in [5.74, 6) is -2.64. The second kappa shape index (κ2) is 8.64. The number of halogens is 5. The predicted octanol–water partition coefficient (Wildman–Crippen LogP) is 3.56. The molecule has 0 radical (unpaired) electrons. The van der Waals surface area contributed by atoms with Gasteiger partial charge < -0.3 is 15.7 Å². The highest BCUT2D eigenvalue weighted by atomic mass is 19.4. The van der Waals surface area contributed by atoms with E-state index in [1.165, 1.54) is 18.2 Å². The smallest absolute Gasteiger partial charge is 0.416 e. The summed E-state index contributed by atoms with van der Waals surface area (Å²) in [7, 11) is 0. The van der Waals surface area contributed by atoms with Crippen LogP contribution in [0, 0.1) is 18.6 Å². The first-order chi connectivity index (χ1) is 14.9. The van der Waals surface area contributed by atoms with Gasteiger partial charge in [0.1, 0.15) is 17.7 Å². The molecule has 2 unspecified atom stereocenters. The molecule has 6 nitrogen and oxygen atoms in total. The first-order valence-corrected chi connectivity index (χ1v) is 9.57. The van der Waals surface area contributed by atoms with Gasteiger partial charge in [-0.1, -0.05) is 0 Å². The van der Waals surface area contributed by atoms with Gasteiger partial charge in [-0.15, -0.1) is 0 Å². The molecule has 0 saturated carbocycles. The minimum Gasteiger partial charge on any atom is -0.465 e. The van der Waals surface area contributed by atoms with Crippen molar-refractivity contribution in [3.05, 3.63) is 64.7 Å². The molecule has 0 aromatic heterocycles. The fourth-order valence-corrected chi connectivity index (χ4v) is 4.09. The Morgan fingerprint density at radius 2 is 1.78 bits per heavy atom. The van der Waals surface area contributed by atoms with E-state index in [2.05, 4.69) is 0 Å². The predicted molar refractivity (Wildman–Crippen MR) is 105 cm³/mol. The molecule has 3 N–H and O–H groups in total. The Balaban J connectivity index is 2.10. The van der Waals surface area contributed by atoms with E-state index in [1.807, 2.05) is 0 Å². The van der Waals surface area contributed by atoms with Gasteiger partial charge in [-0.3, -0.25) is 9.69 Å². The lowest BCUT2D eigenvalue weighted by atomic mass is 9.92. The second-order valence-electron chi connectivity index (χ2n) is 7.56. The third-order valence-electron chi connectivity index (χ3n) is 5.42. The van der Waals surface area contributed by atoms with Crippen molar-refractivity contribution in [1.29, 1.82) is 0 Å². The molecule has 2 aromatic carbocycles. The van der Waals surface area contributed by atoms with E-state index in [9.17, 15) is 36.6 Å². The molecule has 11 heteroatoms. The van der Waals surface area contributed by atoms with Gasteiger partial charge in [0.25, 0.3) is 0 Å². The number of anilines is 1. The van der Waals surface area contributed by atoms with Crippen molar-refractivity contribution in [2.75, 3.05) is 18.0 Å². The molecule has 1 fully saturated rings. The summed E-state index contributed by atoms with van der Waals surface area (Å²) in [4.78, 5) is 26.4. The van der Waals surface area contributed by atoms with Crippen molar-refractivity contribution in [3.63, 3.8) is 0 Å². The maximum absolute atomic E-state index is 14.0. The van der Waals surface area contributed by atoms with E-state index in [4.69, 9.17) is 5.73 Å². The van der Waals surface area contributed by atoms with Crippen molar-refractivity contribution in [3.8, 4) is 0 Å². The topological polar surface area (TPSA) is 86.9 Å². The van der Waals surface area contributed by atoms with Gasteiger partial charge in [-0.05, 0) is 60.9 Å². The Labute approximate surface area is 180 Å². The van der Waals surface area contributed by atoms with Crippen LogP contribution in [0.4, 0.5) is 32.4 Å². The SMILES string of the molecule is Cc1cc(F)ccc1N1CCN(C(=O)O)C(C(N)=O)C1Cc1cc(F)cc(C(F)(F)F)c1. The molecule has 1 aliphatic heterocycles. The molecule has 0 bridgehead atoms. The van der Waals surface area contributed by atoms with Crippen LogP contribution in [0.1, 0.15) is 16.7 Å². The molecule has 1 saturated heterocycles. The van der Waals surface area contributed by atoms with E-state index in [-0.39, 0.29) is 25.1 Å². The van der Waals surface area contributed by atoms with Crippen LogP contribution in [-0.4, -0.2) is 47.2 Å². The van der Waals surface area contributed by atoms with Gasteiger partial charge in [0.15, 0.2) is 0 Å². The van der Waals surface area contributed by atoms with Crippen molar-refractivity contribution in [2.45, 2.75) is 31.6 Å². The van der Waals surface area contributed by atoms with Crippen LogP contribution < -0.4 is 10.6 Å². The number of hydrogen-bond acceptors (Lipinski definition) is 3. The zero-order chi connectivity index (χ0) is 23.8. The van der Waals surface area contributed by atoms with E-state index < -0.39 is 47.5 Å². The van der Waals surface area contributed by atoms with Gasteiger partial charge in [0.2, 0.25) is 5.91 Å². The van der Waals surface area contributed by atoms with Crippen LogP contribution >= 0.6 is 0 Å². The number of benzene rings is 2. The molecule has 0 spiro atoms. The molecule has 0 aliphatic carbocycles. The third-order valence-corrected chi connectivity index (χ3v) is 5.42. The molecule has 1 heterocycles. The number of piperazine rings is 1. The number of primary amides is 1. The Hall–Kier alpha value is -3.37. The number of nitrogens with two attached hydrogens (primary N) is 1. The summed E-state index contributed by atoms with van der Waals surface area (Å²) in [6.45, 7) is 1.55. The second-order valence-corrected chi connectivity index (χ2v) is 7.56. The molecule has 32 heavy (non-hydrogen) atoms. The van der Waals surface area contributed by atoms with E-state index >= 15 is 0 Å². The highest BCUT2D eigenvalue weighted by Crippen LogP contribution is 2.33. The average Bonchev–Trinajstić information content (AvgIpc) is 2.66. The number of carbonyl (C=O) groups is 2. The zero-order valence-corrected chi connectivity index (χ0v) is 16.9. The summed E-state index contributed by atoms with van der Waals surface area (Å²) < 4.78 is 67.0. The minimum atomic E-state index is -4.80. The number of nitrogens with zero attached hydrogens (tertiary/aromatic N) is 2. The molecule has 2 aromatic rings. The molecule has 1 aliphatic rings. The van der Waals surface area contributed by atoms with Gasteiger partial charge in [-0.25, -0.2) is 13.6 Å². The number of carbonyl (C=O) groups excluding carboxylic acids is 1. The van der Waals surface area contributed by atoms with Gasteiger partial charge in [-0.2, -0.15) is 13.2 Å². The monoisotopic (exact) mass is 457 g/mol. The summed E-state index contributed by atoms with van der Waals surface area (Å²) in [6, 6.07) is 3.35. The highest BCUT2D eigenvalue weighted by molar-refractivity contribution is 5.86. The van der Waals surface area contributed by atoms with Crippen LogP contribution in [0.25, 0.3) is 0 Å². The number of rotatable bonds is 4. The van der Waals surface area contributed by atoms with Crippen LogP contribution in [0.5, 0.6) is 0 Å². The van der Waals surface area contributed by atoms with E-state index in [0.717, 1.165) is 17.0 Å². The lowest BCUT2D eigenvalue weighted by Crippen LogP contribution is -2.66. The number of aryl methyl sites for hydroxylation is 1. The molecule has 172 valence electrons. The highest BCUT2D eigenvalue weighted by Gasteiger charge is 2.43. The summed E-state index contributed by atoms with van der Waals surface area (Å²) in [6.07, 6.45) is -6.54. The maximum Gasteiger partial charge on any atom is 0.416 e. The van der Waals surface area contributed by atoms with Crippen molar-refractivity contribution >= 4 is 17.7 Å². The quantitative estimate of drug-likeness (QED) is 0.688. The average molecular weight is 457 g/mol. The van der Waals surface area contributed by atoms with Crippen molar-refractivity contribution < 1.29 is 36.6 Å². The number of alkyl halides is 3. The lowest BCUT2D eigenvalue weighted by Gasteiger charge is -2.47. The summed E-state index contributed by atoms with van der Waals surface area (Å²) >= 11 is 0. The van der Waals surface area contributed by atoms with Gasteiger partial charge in [0, 0.05) is 18.8 Å². The van der Waals surface area contributed by atoms with Crippen LogP contribution in [0.3, 0.4) is 0 Å². The first kappa shape index (κ1) is 23.3. The van der Waals surface area contributed by atoms with Crippen molar-refractivity contribution in [1.82, 2.24) is 4.90 Å². The zero-order valence-electron chi connectivity index (χ0n) is 16.9. The lowest BCUT2D eigenvalue weighted by molar-refractivity contribution is -0.137.